The van der Waals surface area contributed by atoms with E-state index < -0.39 is 5.97 Å². The first-order valence-electron chi connectivity index (χ1n) is 5.40. The first kappa shape index (κ1) is 10.7. The number of ether oxygens (including phenoxy) is 1. The maximum Gasteiger partial charge on any atom is 0.327 e. The van der Waals surface area contributed by atoms with Gasteiger partial charge in [-0.1, -0.05) is 18.2 Å². The third-order valence-corrected chi connectivity index (χ3v) is 2.61. The minimum Gasteiger partial charge on any atom is -0.493 e. The Morgan fingerprint density at radius 3 is 3.19 bits per heavy atom. The van der Waals surface area contributed by atoms with Crippen LogP contribution in [0.2, 0.25) is 0 Å². The maximum absolute atomic E-state index is 10.3. The number of hydrogen-bond acceptors (Lipinski definition) is 2. The molecule has 1 aromatic rings. The fraction of sp³-hybridized carbons (Fsp3) is 0.308. The van der Waals surface area contributed by atoms with Gasteiger partial charge in [0.05, 0.1) is 6.61 Å². The van der Waals surface area contributed by atoms with Gasteiger partial charge in [-0.25, -0.2) is 4.79 Å². The summed E-state index contributed by atoms with van der Waals surface area (Å²) in [7, 11) is 0. The summed E-state index contributed by atoms with van der Waals surface area (Å²) in [4.78, 5) is 10.3. The highest BCUT2D eigenvalue weighted by Gasteiger charge is 2.11. The molecular formula is C13H14O3. The fourth-order valence-electron chi connectivity index (χ4n) is 1.83. The van der Waals surface area contributed by atoms with Gasteiger partial charge in [-0.2, -0.15) is 0 Å². The predicted octanol–water partition coefficient (Wildman–Crippen LogP) is 2.19. The Hall–Kier alpha value is -1.77. The van der Waals surface area contributed by atoms with Crippen molar-refractivity contribution in [3.63, 3.8) is 0 Å². The van der Waals surface area contributed by atoms with Crippen LogP contribution >= 0.6 is 0 Å². The Balaban J connectivity index is 1.93. The Labute approximate surface area is 94.4 Å². The van der Waals surface area contributed by atoms with Crippen LogP contribution in [0.5, 0.6) is 5.75 Å². The average molecular weight is 218 g/mol. The first-order valence-corrected chi connectivity index (χ1v) is 5.40. The average Bonchev–Trinajstić information content (AvgIpc) is 2.71. The second-order valence-electron chi connectivity index (χ2n) is 3.82. The topological polar surface area (TPSA) is 46.5 Å². The highest BCUT2D eigenvalue weighted by atomic mass is 16.5. The van der Waals surface area contributed by atoms with Gasteiger partial charge in [0.25, 0.3) is 0 Å². The highest BCUT2D eigenvalue weighted by Crippen LogP contribution is 2.26. The summed E-state index contributed by atoms with van der Waals surface area (Å²) in [6.45, 7) is 0.775. The Morgan fingerprint density at radius 1 is 1.50 bits per heavy atom. The Morgan fingerprint density at radius 2 is 2.38 bits per heavy atom. The molecule has 0 aromatic heterocycles. The van der Waals surface area contributed by atoms with Gasteiger partial charge < -0.3 is 9.84 Å². The summed E-state index contributed by atoms with van der Waals surface area (Å²) >= 11 is 0. The zero-order valence-corrected chi connectivity index (χ0v) is 8.98. The summed E-state index contributed by atoms with van der Waals surface area (Å²) in [5.41, 5.74) is 2.50. The van der Waals surface area contributed by atoms with E-state index in [2.05, 4.69) is 6.07 Å². The van der Waals surface area contributed by atoms with Gasteiger partial charge in [0, 0.05) is 12.5 Å². The lowest BCUT2D eigenvalue weighted by atomic mass is 10.0. The van der Waals surface area contributed by atoms with Gasteiger partial charge in [0.2, 0.25) is 0 Å². The van der Waals surface area contributed by atoms with Crippen molar-refractivity contribution in [1.82, 2.24) is 0 Å². The molecule has 84 valence electrons. The van der Waals surface area contributed by atoms with Crippen molar-refractivity contribution < 1.29 is 14.6 Å². The third kappa shape index (κ3) is 2.63. The van der Waals surface area contributed by atoms with E-state index in [1.165, 1.54) is 17.2 Å². The number of allylic oxidation sites excluding steroid dienone is 1. The number of aliphatic carboxylic acids is 1. The molecule has 0 radical (unpaired) electrons. The molecule has 0 saturated carbocycles. The minimum absolute atomic E-state index is 0.756. The van der Waals surface area contributed by atoms with E-state index in [9.17, 15) is 4.79 Å². The maximum atomic E-state index is 10.3. The number of benzene rings is 1. The quantitative estimate of drug-likeness (QED) is 0.788. The summed E-state index contributed by atoms with van der Waals surface area (Å²) in [5, 5.41) is 8.43. The van der Waals surface area contributed by atoms with Gasteiger partial charge in [-0.05, 0) is 30.0 Å². The van der Waals surface area contributed by atoms with Crippen molar-refractivity contribution >= 4 is 5.97 Å². The molecule has 0 atom stereocenters. The molecule has 0 unspecified atom stereocenters. The molecule has 1 aromatic carbocycles. The van der Waals surface area contributed by atoms with Crippen molar-refractivity contribution in [3.8, 4) is 5.75 Å². The first-order chi connectivity index (χ1) is 7.75. The minimum atomic E-state index is -0.887. The van der Waals surface area contributed by atoms with Gasteiger partial charge in [0.1, 0.15) is 5.75 Å². The lowest BCUT2D eigenvalue weighted by molar-refractivity contribution is -0.131. The van der Waals surface area contributed by atoms with Crippen LogP contribution < -0.4 is 4.74 Å². The molecule has 3 nitrogen and oxygen atoms in total. The molecule has 0 spiro atoms. The Bertz CT molecular complexity index is 421. The number of carboxylic acids is 1. The molecule has 0 fully saturated rings. The van der Waals surface area contributed by atoms with E-state index in [1.54, 1.807) is 6.08 Å². The number of carbonyl (C=O) groups is 1. The van der Waals surface area contributed by atoms with Crippen LogP contribution in [0.1, 0.15) is 17.5 Å². The van der Waals surface area contributed by atoms with Crippen molar-refractivity contribution in [1.29, 1.82) is 0 Å². The largest absolute Gasteiger partial charge is 0.493 e. The van der Waals surface area contributed by atoms with Gasteiger partial charge in [-0.3, -0.25) is 0 Å². The predicted molar refractivity (Wildman–Crippen MR) is 60.7 cm³/mol. The van der Waals surface area contributed by atoms with Gasteiger partial charge in [0.15, 0.2) is 0 Å². The molecule has 16 heavy (non-hydrogen) atoms. The molecule has 1 aliphatic rings. The molecule has 1 aliphatic heterocycles. The molecule has 1 heterocycles. The van der Waals surface area contributed by atoms with Gasteiger partial charge in [-0.15, -0.1) is 0 Å². The van der Waals surface area contributed by atoms with Gasteiger partial charge >= 0.3 is 5.97 Å². The number of fused-ring (bicyclic) bond motifs is 1. The smallest absolute Gasteiger partial charge is 0.327 e. The van der Waals surface area contributed by atoms with E-state index in [1.807, 2.05) is 12.1 Å². The number of hydrogen-bond donors (Lipinski definition) is 1. The highest BCUT2D eigenvalue weighted by molar-refractivity contribution is 5.79. The second kappa shape index (κ2) is 4.84. The number of carboxylic acid groups (broad SMARTS) is 1. The summed E-state index contributed by atoms with van der Waals surface area (Å²) in [6.07, 6.45) is 5.49. The molecular weight excluding hydrogens is 204 g/mol. The molecule has 3 heteroatoms. The molecule has 0 saturated heterocycles. The second-order valence-corrected chi connectivity index (χ2v) is 3.82. The standard InChI is InChI=1S/C13H14O3/c14-13(15)4-2-1-3-10-5-6-12-11(9-10)7-8-16-12/h2,4-6,9H,1,3,7-8H2,(H,14,15)/b4-2+. The van der Waals surface area contributed by atoms with E-state index in [-0.39, 0.29) is 0 Å². The number of rotatable bonds is 4. The molecule has 1 N–H and O–H groups in total. The van der Waals surface area contributed by atoms with Crippen LogP contribution in [0, 0.1) is 0 Å². The summed E-state index contributed by atoms with van der Waals surface area (Å²) in [6, 6.07) is 6.19. The third-order valence-electron chi connectivity index (χ3n) is 2.61. The normalized spacial score (nSPS) is 13.8. The van der Waals surface area contributed by atoms with Crippen LogP contribution in [0.3, 0.4) is 0 Å². The van der Waals surface area contributed by atoms with E-state index in [4.69, 9.17) is 9.84 Å². The van der Waals surface area contributed by atoms with Crippen molar-refractivity contribution in [2.24, 2.45) is 0 Å². The Kier molecular flexibility index (Phi) is 3.25. The molecule has 2 rings (SSSR count). The van der Waals surface area contributed by atoms with Crippen LogP contribution in [-0.2, 0) is 17.6 Å². The lowest BCUT2D eigenvalue weighted by Gasteiger charge is -2.02. The van der Waals surface area contributed by atoms with Crippen LogP contribution in [0.25, 0.3) is 0 Å². The van der Waals surface area contributed by atoms with E-state index >= 15 is 0 Å². The van der Waals surface area contributed by atoms with Crippen molar-refractivity contribution in [2.45, 2.75) is 19.3 Å². The zero-order chi connectivity index (χ0) is 11.4. The zero-order valence-electron chi connectivity index (χ0n) is 8.98. The van der Waals surface area contributed by atoms with E-state index in [0.717, 1.165) is 31.6 Å². The lowest BCUT2D eigenvalue weighted by Crippen LogP contribution is -1.88. The molecule has 0 bridgehead atoms. The molecule has 0 aliphatic carbocycles. The fourth-order valence-corrected chi connectivity index (χ4v) is 1.83. The van der Waals surface area contributed by atoms with Crippen LogP contribution in [-0.4, -0.2) is 17.7 Å². The van der Waals surface area contributed by atoms with Crippen molar-refractivity contribution in [2.75, 3.05) is 6.61 Å². The molecule has 0 amide bonds. The summed E-state index contributed by atoms with van der Waals surface area (Å²) < 4.78 is 5.42. The summed E-state index contributed by atoms with van der Waals surface area (Å²) in [5.74, 6) is 0.104. The van der Waals surface area contributed by atoms with Crippen molar-refractivity contribution in [3.05, 3.63) is 41.5 Å². The van der Waals surface area contributed by atoms with E-state index in [0.29, 0.717) is 0 Å². The van der Waals surface area contributed by atoms with Crippen LogP contribution in [0.4, 0.5) is 0 Å². The monoisotopic (exact) mass is 218 g/mol. The SMILES string of the molecule is O=C(O)/C=C/CCc1ccc2c(c1)CCO2. The van der Waals surface area contributed by atoms with Crippen LogP contribution in [0.15, 0.2) is 30.4 Å². The number of aryl methyl sites for hydroxylation is 1.